The van der Waals surface area contributed by atoms with Crippen LogP contribution in [-0.2, 0) is 9.59 Å². The van der Waals surface area contributed by atoms with E-state index in [-0.39, 0.29) is 13.1 Å². The van der Waals surface area contributed by atoms with E-state index < -0.39 is 23.9 Å². The third-order valence-corrected chi connectivity index (χ3v) is 1.60. The van der Waals surface area contributed by atoms with Crippen LogP contribution in [0, 0.1) is 0 Å². The Hall–Kier alpha value is -1.63. The molecule has 1 atom stereocenters. The highest BCUT2D eigenvalue weighted by Gasteiger charge is 2.29. The Morgan fingerprint density at radius 1 is 1.69 bits per heavy atom. The zero-order chi connectivity index (χ0) is 10.0. The average Bonchev–Trinajstić information content (AvgIpc) is 2.30. The summed E-state index contributed by atoms with van der Waals surface area (Å²) in [6.07, 6.45) is 0. The van der Waals surface area contributed by atoms with Gasteiger partial charge in [0.15, 0.2) is 0 Å². The number of carboxylic acid groups (broad SMARTS) is 1. The lowest BCUT2D eigenvalue weighted by molar-refractivity contribution is -0.138. The number of hydrogen-bond acceptors (Lipinski definition) is 4. The Labute approximate surface area is 73.5 Å². The third kappa shape index (κ3) is 2.15. The maximum Gasteiger partial charge on any atom is 0.324 e. The molecule has 7 nitrogen and oxygen atoms in total. The van der Waals surface area contributed by atoms with Crippen LogP contribution in [0.25, 0.3) is 0 Å². The molecule has 3 amide bonds. The third-order valence-electron chi connectivity index (χ3n) is 1.60. The fourth-order valence-electron chi connectivity index (χ4n) is 0.946. The van der Waals surface area contributed by atoms with Gasteiger partial charge in [-0.15, -0.1) is 0 Å². The van der Waals surface area contributed by atoms with Crippen LogP contribution < -0.4 is 11.1 Å². The van der Waals surface area contributed by atoms with Crippen molar-refractivity contribution in [2.75, 3.05) is 13.1 Å². The Bertz CT molecular complexity index is 265. The summed E-state index contributed by atoms with van der Waals surface area (Å²) < 4.78 is 0. The highest BCUT2D eigenvalue weighted by molar-refractivity contribution is 6.02. The second-order valence-corrected chi connectivity index (χ2v) is 2.68. The first kappa shape index (κ1) is 9.46. The van der Waals surface area contributed by atoms with Gasteiger partial charge in [-0.3, -0.25) is 14.9 Å². The molecule has 0 bridgehead atoms. The van der Waals surface area contributed by atoms with Gasteiger partial charge in [0.2, 0.25) is 5.91 Å². The van der Waals surface area contributed by atoms with Gasteiger partial charge in [-0.25, -0.2) is 4.79 Å². The molecule has 72 valence electrons. The van der Waals surface area contributed by atoms with Crippen molar-refractivity contribution in [1.82, 2.24) is 10.2 Å². The van der Waals surface area contributed by atoms with Crippen LogP contribution in [0.3, 0.4) is 0 Å². The van der Waals surface area contributed by atoms with Crippen LogP contribution in [0.5, 0.6) is 0 Å². The number of imide groups is 1. The molecule has 1 aliphatic rings. The molecule has 0 aromatic heterocycles. The van der Waals surface area contributed by atoms with E-state index in [1.54, 1.807) is 0 Å². The summed E-state index contributed by atoms with van der Waals surface area (Å²) in [6.45, 7) is -0.285. The summed E-state index contributed by atoms with van der Waals surface area (Å²) >= 11 is 0. The molecule has 0 saturated carbocycles. The summed E-state index contributed by atoms with van der Waals surface area (Å²) in [7, 11) is 0. The van der Waals surface area contributed by atoms with Gasteiger partial charge in [0.05, 0.1) is 0 Å². The lowest BCUT2D eigenvalue weighted by atomic mass is 10.3. The van der Waals surface area contributed by atoms with Crippen molar-refractivity contribution >= 4 is 17.9 Å². The van der Waals surface area contributed by atoms with E-state index in [0.29, 0.717) is 0 Å². The van der Waals surface area contributed by atoms with Crippen molar-refractivity contribution in [2.45, 2.75) is 6.04 Å². The van der Waals surface area contributed by atoms with Crippen molar-refractivity contribution in [3.05, 3.63) is 0 Å². The molecule has 4 N–H and O–H groups in total. The van der Waals surface area contributed by atoms with Crippen molar-refractivity contribution in [3.8, 4) is 0 Å². The Morgan fingerprint density at radius 3 is 2.69 bits per heavy atom. The van der Waals surface area contributed by atoms with Gasteiger partial charge in [-0.05, 0) is 0 Å². The number of carbonyl (C=O) groups is 3. The van der Waals surface area contributed by atoms with Gasteiger partial charge in [-0.1, -0.05) is 0 Å². The second-order valence-electron chi connectivity index (χ2n) is 2.68. The minimum absolute atomic E-state index is 0.125. The van der Waals surface area contributed by atoms with Gasteiger partial charge in [-0.2, -0.15) is 0 Å². The monoisotopic (exact) mass is 187 g/mol. The van der Waals surface area contributed by atoms with Gasteiger partial charge in [0.25, 0.3) is 0 Å². The fourth-order valence-corrected chi connectivity index (χ4v) is 0.946. The number of amides is 3. The van der Waals surface area contributed by atoms with Crippen LogP contribution in [-0.4, -0.2) is 47.0 Å². The standard InChI is InChI=1S/C6H9N3O4/c7-3(5(11)12)1-9-2-4(10)8-6(9)13/h3H,1-2,7H2,(H,11,12)(H,8,10,13)/t3-/m0/s1. The first-order chi connectivity index (χ1) is 6.00. The molecular formula is C6H9N3O4. The molecule has 0 radical (unpaired) electrons. The zero-order valence-corrected chi connectivity index (χ0v) is 6.69. The SMILES string of the molecule is N[C@@H](CN1CC(=O)NC1=O)C(=O)O. The van der Waals surface area contributed by atoms with Crippen molar-refractivity contribution in [3.63, 3.8) is 0 Å². The average molecular weight is 187 g/mol. The molecule has 0 aromatic carbocycles. The number of aliphatic carboxylic acids is 1. The van der Waals surface area contributed by atoms with Crippen LogP contribution in [0.2, 0.25) is 0 Å². The summed E-state index contributed by atoms with van der Waals surface area (Å²) in [5, 5.41) is 10.4. The first-order valence-corrected chi connectivity index (χ1v) is 3.58. The predicted molar refractivity (Wildman–Crippen MR) is 40.7 cm³/mol. The smallest absolute Gasteiger partial charge is 0.324 e. The number of nitrogens with zero attached hydrogens (tertiary/aromatic N) is 1. The van der Waals surface area contributed by atoms with E-state index in [1.165, 1.54) is 0 Å². The number of carboxylic acids is 1. The molecule has 0 spiro atoms. The first-order valence-electron chi connectivity index (χ1n) is 3.58. The fraction of sp³-hybridized carbons (Fsp3) is 0.500. The quantitative estimate of drug-likeness (QED) is 0.440. The van der Waals surface area contributed by atoms with Crippen LogP contribution in [0.1, 0.15) is 0 Å². The Kier molecular flexibility index (Phi) is 2.47. The minimum atomic E-state index is -1.20. The van der Waals surface area contributed by atoms with Gasteiger partial charge >= 0.3 is 12.0 Å². The zero-order valence-electron chi connectivity index (χ0n) is 6.69. The summed E-state index contributed by atoms with van der Waals surface area (Å²) in [5.74, 6) is -1.64. The number of nitrogens with one attached hydrogen (secondary N) is 1. The topological polar surface area (TPSA) is 113 Å². The summed E-state index contributed by atoms with van der Waals surface area (Å²) in [6, 6.07) is -1.75. The van der Waals surface area contributed by atoms with E-state index in [9.17, 15) is 14.4 Å². The van der Waals surface area contributed by atoms with Gasteiger partial charge in [0.1, 0.15) is 12.6 Å². The molecule has 0 aliphatic carbocycles. The lowest BCUT2D eigenvalue weighted by Gasteiger charge is -2.15. The molecule has 0 unspecified atom stereocenters. The number of rotatable bonds is 3. The van der Waals surface area contributed by atoms with Crippen molar-refractivity contribution < 1.29 is 19.5 Å². The lowest BCUT2D eigenvalue weighted by Crippen LogP contribution is -2.43. The Morgan fingerprint density at radius 2 is 2.31 bits per heavy atom. The van der Waals surface area contributed by atoms with E-state index in [4.69, 9.17) is 10.8 Å². The van der Waals surface area contributed by atoms with Crippen LogP contribution in [0.4, 0.5) is 4.79 Å². The highest BCUT2D eigenvalue weighted by atomic mass is 16.4. The molecule has 1 fully saturated rings. The molecule has 1 saturated heterocycles. The molecule has 1 rings (SSSR count). The van der Waals surface area contributed by atoms with Gasteiger partial charge < -0.3 is 15.7 Å². The molecular weight excluding hydrogens is 178 g/mol. The molecule has 1 aliphatic heterocycles. The number of hydrogen-bond donors (Lipinski definition) is 3. The van der Waals surface area contributed by atoms with E-state index in [1.807, 2.05) is 5.32 Å². The van der Waals surface area contributed by atoms with Crippen molar-refractivity contribution in [2.24, 2.45) is 5.73 Å². The van der Waals surface area contributed by atoms with Crippen molar-refractivity contribution in [1.29, 1.82) is 0 Å². The highest BCUT2D eigenvalue weighted by Crippen LogP contribution is 1.98. The number of urea groups is 1. The van der Waals surface area contributed by atoms with Crippen LogP contribution >= 0.6 is 0 Å². The molecule has 13 heavy (non-hydrogen) atoms. The summed E-state index contributed by atoms with van der Waals surface area (Å²) in [4.78, 5) is 32.9. The molecule has 0 aromatic rings. The number of nitrogens with two attached hydrogens (primary N) is 1. The van der Waals surface area contributed by atoms with E-state index in [2.05, 4.69) is 0 Å². The van der Waals surface area contributed by atoms with Crippen LogP contribution in [0.15, 0.2) is 0 Å². The molecule has 1 heterocycles. The van der Waals surface area contributed by atoms with E-state index in [0.717, 1.165) is 4.90 Å². The second kappa shape index (κ2) is 3.40. The normalized spacial score (nSPS) is 18.7. The largest absolute Gasteiger partial charge is 0.480 e. The summed E-state index contributed by atoms with van der Waals surface area (Å²) in [5.41, 5.74) is 5.17. The maximum atomic E-state index is 10.9. The Balaban J connectivity index is 2.50. The number of carbonyl (C=O) groups excluding carboxylic acids is 2. The maximum absolute atomic E-state index is 10.9. The van der Waals surface area contributed by atoms with E-state index >= 15 is 0 Å². The minimum Gasteiger partial charge on any atom is -0.480 e. The molecule has 7 heteroatoms. The van der Waals surface area contributed by atoms with Gasteiger partial charge in [0, 0.05) is 6.54 Å². The predicted octanol–water partition coefficient (Wildman–Crippen LogP) is -2.05.